The first-order valence-electron chi connectivity index (χ1n) is 12.6. The van der Waals surface area contributed by atoms with Gasteiger partial charge in [-0.15, -0.1) is 5.10 Å². The third-order valence-electron chi connectivity index (χ3n) is 6.72. The Morgan fingerprint density at radius 1 is 0.974 bits per heavy atom. The van der Waals surface area contributed by atoms with E-state index in [1.165, 1.54) is 12.1 Å². The van der Waals surface area contributed by atoms with E-state index in [9.17, 15) is 9.18 Å². The average molecular weight is 529 g/mol. The largest absolute Gasteiger partial charge is 0.493 e. The van der Waals surface area contributed by atoms with E-state index in [-0.39, 0.29) is 11.4 Å². The van der Waals surface area contributed by atoms with Gasteiger partial charge < -0.3 is 14.5 Å². The zero-order valence-corrected chi connectivity index (χ0v) is 22.0. The van der Waals surface area contributed by atoms with E-state index in [1.54, 1.807) is 37.1 Å². The van der Waals surface area contributed by atoms with E-state index in [0.29, 0.717) is 48.0 Å². The van der Waals surface area contributed by atoms with Crippen LogP contribution in [0.1, 0.15) is 35.5 Å². The van der Waals surface area contributed by atoms with Gasteiger partial charge in [-0.25, -0.2) is 9.07 Å². The van der Waals surface area contributed by atoms with Crippen molar-refractivity contribution in [1.82, 2.24) is 30.1 Å². The molecule has 5 aromatic rings. The standard InChI is InChI=1S/C29H29FN6O3/c1-4-35(17-19-8-6-5-7-9-19)27(28-32-33-34-36(28)18-20-10-12-22(30)13-11-20)23-14-21-15-25(38-2)26(39-3)16-24(21)31-29(23)37/h5-16,27H,4,17-18H2,1-3H3,(H,31,37). The number of aromatic nitrogens is 5. The van der Waals surface area contributed by atoms with E-state index < -0.39 is 6.04 Å². The van der Waals surface area contributed by atoms with E-state index in [0.717, 1.165) is 16.5 Å². The first-order valence-corrected chi connectivity index (χ1v) is 12.6. The lowest BCUT2D eigenvalue weighted by Crippen LogP contribution is -2.35. The van der Waals surface area contributed by atoms with Crippen LogP contribution in [0.25, 0.3) is 10.9 Å². The number of methoxy groups -OCH3 is 2. The number of benzene rings is 3. The highest BCUT2D eigenvalue weighted by Crippen LogP contribution is 2.33. The van der Waals surface area contributed by atoms with Crippen molar-refractivity contribution >= 4 is 10.9 Å². The lowest BCUT2D eigenvalue weighted by molar-refractivity contribution is 0.214. The molecule has 1 N–H and O–H groups in total. The fourth-order valence-corrected chi connectivity index (χ4v) is 4.74. The van der Waals surface area contributed by atoms with Crippen LogP contribution in [0.3, 0.4) is 0 Å². The Morgan fingerprint density at radius 2 is 1.69 bits per heavy atom. The summed E-state index contributed by atoms with van der Waals surface area (Å²) in [6.07, 6.45) is 0. The van der Waals surface area contributed by atoms with Crippen molar-refractivity contribution in [1.29, 1.82) is 0 Å². The molecule has 200 valence electrons. The van der Waals surface area contributed by atoms with Gasteiger partial charge in [-0.05, 0) is 52.4 Å². The maximum absolute atomic E-state index is 13.6. The summed E-state index contributed by atoms with van der Waals surface area (Å²) in [5, 5.41) is 13.4. The Morgan fingerprint density at radius 3 is 2.38 bits per heavy atom. The molecular weight excluding hydrogens is 499 g/mol. The molecule has 0 radical (unpaired) electrons. The fraction of sp³-hybridized carbons (Fsp3) is 0.241. The normalized spacial score (nSPS) is 12.1. The lowest BCUT2D eigenvalue weighted by atomic mass is 10.0. The molecule has 2 aromatic heterocycles. The number of nitrogens with zero attached hydrogens (tertiary/aromatic N) is 5. The van der Waals surface area contributed by atoms with Crippen molar-refractivity contribution in [3.8, 4) is 11.5 Å². The van der Waals surface area contributed by atoms with Crippen LogP contribution >= 0.6 is 0 Å². The molecule has 2 heterocycles. The number of fused-ring (bicyclic) bond motifs is 1. The van der Waals surface area contributed by atoms with Gasteiger partial charge in [0.05, 0.1) is 26.3 Å². The van der Waals surface area contributed by atoms with Crippen molar-refractivity contribution in [2.75, 3.05) is 20.8 Å². The molecule has 0 spiro atoms. The van der Waals surface area contributed by atoms with Gasteiger partial charge in [-0.1, -0.05) is 49.4 Å². The number of H-pyrrole nitrogens is 1. The molecule has 9 nitrogen and oxygen atoms in total. The summed E-state index contributed by atoms with van der Waals surface area (Å²) in [7, 11) is 3.12. The molecule has 1 atom stereocenters. The van der Waals surface area contributed by atoms with Crippen LogP contribution in [0.2, 0.25) is 0 Å². The predicted molar refractivity (Wildman–Crippen MR) is 145 cm³/mol. The molecule has 0 aliphatic rings. The minimum Gasteiger partial charge on any atom is -0.493 e. The van der Waals surface area contributed by atoms with Crippen molar-refractivity contribution in [3.05, 3.63) is 111 Å². The molecule has 0 aliphatic carbocycles. The summed E-state index contributed by atoms with van der Waals surface area (Å²) in [5.41, 5.74) is 2.77. The van der Waals surface area contributed by atoms with Crippen LogP contribution in [0.4, 0.5) is 4.39 Å². The van der Waals surface area contributed by atoms with E-state index in [4.69, 9.17) is 9.47 Å². The van der Waals surface area contributed by atoms with E-state index >= 15 is 0 Å². The zero-order chi connectivity index (χ0) is 27.4. The van der Waals surface area contributed by atoms with Gasteiger partial charge >= 0.3 is 0 Å². The third-order valence-corrected chi connectivity index (χ3v) is 6.72. The number of nitrogens with one attached hydrogen (secondary N) is 1. The van der Waals surface area contributed by atoms with Gasteiger partial charge in [0.25, 0.3) is 5.56 Å². The Kier molecular flexibility index (Phi) is 7.64. The summed E-state index contributed by atoms with van der Waals surface area (Å²) in [6, 6.07) is 21.1. The maximum Gasteiger partial charge on any atom is 0.253 e. The maximum atomic E-state index is 13.6. The molecule has 3 aromatic carbocycles. The highest BCUT2D eigenvalue weighted by molar-refractivity contribution is 5.83. The molecule has 1 unspecified atom stereocenters. The summed E-state index contributed by atoms with van der Waals surface area (Å²) >= 11 is 0. The van der Waals surface area contributed by atoms with Gasteiger partial charge in [0.2, 0.25) is 0 Å². The number of ether oxygens (including phenoxy) is 2. The topological polar surface area (TPSA) is 98.2 Å². The van der Waals surface area contributed by atoms with Crippen molar-refractivity contribution in [2.45, 2.75) is 26.1 Å². The number of hydrogen-bond acceptors (Lipinski definition) is 7. The fourth-order valence-electron chi connectivity index (χ4n) is 4.74. The van der Waals surface area contributed by atoms with Gasteiger partial charge in [0.1, 0.15) is 11.9 Å². The summed E-state index contributed by atoms with van der Waals surface area (Å²) < 4.78 is 26.1. The van der Waals surface area contributed by atoms with Gasteiger partial charge in [0, 0.05) is 23.6 Å². The Bertz CT molecular complexity index is 1620. The van der Waals surface area contributed by atoms with Crippen LogP contribution in [-0.2, 0) is 13.1 Å². The molecule has 10 heteroatoms. The smallest absolute Gasteiger partial charge is 0.253 e. The molecule has 0 saturated carbocycles. The Balaban J connectivity index is 1.65. The van der Waals surface area contributed by atoms with Gasteiger partial charge in [-0.3, -0.25) is 9.69 Å². The second-order valence-corrected chi connectivity index (χ2v) is 9.12. The van der Waals surface area contributed by atoms with E-state index in [2.05, 4.69) is 25.4 Å². The lowest BCUT2D eigenvalue weighted by Gasteiger charge is -2.30. The average Bonchev–Trinajstić information content (AvgIpc) is 3.41. The Hall–Kier alpha value is -4.57. The van der Waals surface area contributed by atoms with Gasteiger partial charge in [0.15, 0.2) is 17.3 Å². The summed E-state index contributed by atoms with van der Waals surface area (Å²) in [5.74, 6) is 1.26. The van der Waals surface area contributed by atoms with Crippen LogP contribution in [0.15, 0.2) is 77.6 Å². The molecule has 39 heavy (non-hydrogen) atoms. The first kappa shape index (κ1) is 26.1. The SMILES string of the molecule is CCN(Cc1ccccc1)C(c1cc2cc(OC)c(OC)cc2[nH]c1=O)c1nnnn1Cc1ccc(F)cc1. The van der Waals surface area contributed by atoms with Crippen LogP contribution in [0, 0.1) is 5.82 Å². The molecule has 0 amide bonds. The minimum absolute atomic E-state index is 0.262. The molecule has 5 rings (SSSR count). The molecule has 0 fully saturated rings. The second kappa shape index (κ2) is 11.4. The molecule has 0 bridgehead atoms. The van der Waals surface area contributed by atoms with Crippen LogP contribution < -0.4 is 15.0 Å². The summed E-state index contributed by atoms with van der Waals surface area (Å²) in [6.45, 7) is 3.53. The number of hydrogen-bond donors (Lipinski definition) is 1. The summed E-state index contributed by atoms with van der Waals surface area (Å²) in [4.78, 5) is 18.8. The number of halogens is 1. The van der Waals surface area contributed by atoms with Crippen LogP contribution in [0.5, 0.6) is 11.5 Å². The van der Waals surface area contributed by atoms with Crippen molar-refractivity contribution in [3.63, 3.8) is 0 Å². The molecule has 0 aliphatic heterocycles. The van der Waals surface area contributed by atoms with Crippen molar-refractivity contribution < 1.29 is 13.9 Å². The third kappa shape index (κ3) is 5.51. The quantitative estimate of drug-likeness (QED) is 0.288. The number of pyridine rings is 1. The molecule has 0 saturated heterocycles. The number of tetrazole rings is 1. The van der Waals surface area contributed by atoms with Crippen LogP contribution in [-0.4, -0.2) is 50.9 Å². The second-order valence-electron chi connectivity index (χ2n) is 9.12. The van der Waals surface area contributed by atoms with E-state index in [1.807, 2.05) is 49.4 Å². The number of aromatic amines is 1. The Labute approximate surface area is 224 Å². The highest BCUT2D eigenvalue weighted by Gasteiger charge is 2.30. The highest BCUT2D eigenvalue weighted by atomic mass is 19.1. The number of rotatable bonds is 10. The van der Waals surface area contributed by atoms with Gasteiger partial charge in [-0.2, -0.15) is 0 Å². The predicted octanol–water partition coefficient (Wildman–Crippen LogP) is 4.33. The van der Waals surface area contributed by atoms with Crippen molar-refractivity contribution in [2.24, 2.45) is 0 Å². The first-order chi connectivity index (χ1) is 19.0. The zero-order valence-electron chi connectivity index (χ0n) is 22.0. The minimum atomic E-state index is -0.577. The monoisotopic (exact) mass is 528 g/mol. The molecular formula is C29H29FN6O3.